The number of ether oxygens (including phenoxy) is 3. The van der Waals surface area contributed by atoms with Crippen molar-refractivity contribution in [1.29, 1.82) is 0 Å². The first-order valence-corrected chi connectivity index (χ1v) is 11.1. The van der Waals surface area contributed by atoms with Crippen molar-refractivity contribution >= 4 is 11.9 Å². The van der Waals surface area contributed by atoms with E-state index in [2.05, 4.69) is 19.7 Å². The number of hydrogen-bond donors (Lipinski definition) is 1. The van der Waals surface area contributed by atoms with E-state index in [9.17, 15) is 23.5 Å². The molecule has 0 spiro atoms. The van der Waals surface area contributed by atoms with Gasteiger partial charge in [-0.1, -0.05) is 37.9 Å². The molecule has 6 nitrogen and oxygen atoms in total. The lowest BCUT2D eigenvalue weighted by molar-refractivity contribution is -0.142. The molecule has 2 unspecified atom stereocenters. The minimum Gasteiger partial charge on any atom is -0.462 e. The van der Waals surface area contributed by atoms with Crippen LogP contribution in [0.2, 0.25) is 0 Å². The van der Waals surface area contributed by atoms with Gasteiger partial charge in [-0.05, 0) is 67.7 Å². The Morgan fingerprint density at radius 2 is 1.47 bits per heavy atom. The van der Waals surface area contributed by atoms with Crippen LogP contribution in [0.5, 0.6) is 5.75 Å². The summed E-state index contributed by atoms with van der Waals surface area (Å²) in [6, 6.07) is 8.35. The highest BCUT2D eigenvalue weighted by molar-refractivity contribution is 5.89. The highest BCUT2D eigenvalue weighted by Gasteiger charge is 2.19. The van der Waals surface area contributed by atoms with Gasteiger partial charge in [0.05, 0.1) is 13.2 Å². The Balaban J connectivity index is 2.19. The summed E-state index contributed by atoms with van der Waals surface area (Å²) in [5.74, 6) is -3.40. The van der Waals surface area contributed by atoms with Crippen LogP contribution in [-0.2, 0) is 25.5 Å². The molecule has 0 saturated carbocycles. The summed E-state index contributed by atoms with van der Waals surface area (Å²) < 4.78 is 44.9. The second-order valence-electron chi connectivity index (χ2n) is 8.60. The molecule has 0 amide bonds. The van der Waals surface area contributed by atoms with Crippen LogP contribution in [0.4, 0.5) is 8.78 Å². The molecule has 2 rings (SSSR count). The number of rotatable bonds is 12. The third-order valence-electron chi connectivity index (χ3n) is 5.09. The number of hydrogen-bond acceptors (Lipinski definition) is 6. The molecule has 0 heterocycles. The van der Waals surface area contributed by atoms with E-state index in [0.717, 1.165) is 6.07 Å². The minimum atomic E-state index is -1.20. The standard InChI is InChI=1S/C28H30F2O6/c1-16(2)26(31)34-14-19(15-35-27(32)17(3)4)11-22-8-7-20(12-23(22)29)21-9-10-25(24(30)13-21)36-28(33)18(5)6/h7-10,12-13,19,26,31H,1,3,5,11,14-15H2,2,4,6H3. The Hall–Kier alpha value is -3.62. The Labute approximate surface area is 209 Å². The molecule has 2 aromatic rings. The first kappa shape index (κ1) is 28.6. The number of aliphatic hydroxyl groups is 1. The van der Waals surface area contributed by atoms with Crippen molar-refractivity contribution in [3.05, 3.63) is 90.1 Å². The van der Waals surface area contributed by atoms with Crippen LogP contribution in [0.15, 0.2) is 72.9 Å². The van der Waals surface area contributed by atoms with Crippen LogP contribution in [-0.4, -0.2) is 36.5 Å². The largest absolute Gasteiger partial charge is 0.462 e. The lowest BCUT2D eigenvalue weighted by atomic mass is 9.97. The van der Waals surface area contributed by atoms with Crippen molar-refractivity contribution in [3.63, 3.8) is 0 Å². The molecule has 0 saturated heterocycles. The second-order valence-corrected chi connectivity index (χ2v) is 8.60. The maximum atomic E-state index is 15.0. The molecule has 2 atom stereocenters. The predicted octanol–water partition coefficient (Wildman–Crippen LogP) is 5.30. The number of carbonyl (C=O) groups is 2. The quantitative estimate of drug-likeness (QED) is 0.140. The van der Waals surface area contributed by atoms with Gasteiger partial charge in [-0.15, -0.1) is 0 Å². The van der Waals surface area contributed by atoms with Gasteiger partial charge in [0.2, 0.25) is 0 Å². The third-order valence-corrected chi connectivity index (χ3v) is 5.09. The topological polar surface area (TPSA) is 82.1 Å². The van der Waals surface area contributed by atoms with Crippen molar-refractivity contribution in [2.45, 2.75) is 33.5 Å². The fraction of sp³-hybridized carbons (Fsp3) is 0.286. The molecule has 0 bridgehead atoms. The van der Waals surface area contributed by atoms with Crippen molar-refractivity contribution in [2.75, 3.05) is 13.2 Å². The molecule has 1 N–H and O–H groups in total. The van der Waals surface area contributed by atoms with E-state index in [1.165, 1.54) is 32.0 Å². The number of halogens is 2. The minimum absolute atomic E-state index is 0.0196. The summed E-state index contributed by atoms with van der Waals surface area (Å²) >= 11 is 0. The Bertz CT molecular complexity index is 1170. The molecule has 8 heteroatoms. The highest BCUT2D eigenvalue weighted by Crippen LogP contribution is 2.28. The molecule has 0 fully saturated rings. The zero-order chi connectivity index (χ0) is 27.0. The zero-order valence-corrected chi connectivity index (χ0v) is 20.6. The lowest BCUT2D eigenvalue weighted by Gasteiger charge is -2.20. The van der Waals surface area contributed by atoms with E-state index in [1.54, 1.807) is 19.1 Å². The number of benzene rings is 2. The highest BCUT2D eigenvalue weighted by atomic mass is 19.1. The van der Waals surface area contributed by atoms with Crippen molar-refractivity contribution < 1.29 is 37.7 Å². The Morgan fingerprint density at radius 1 is 0.889 bits per heavy atom. The smallest absolute Gasteiger partial charge is 0.338 e. The summed E-state index contributed by atoms with van der Waals surface area (Å²) in [5.41, 5.74) is 1.86. The average molecular weight is 501 g/mol. The number of carbonyl (C=O) groups excluding carboxylic acids is 2. The zero-order valence-electron chi connectivity index (χ0n) is 20.6. The molecular weight excluding hydrogens is 470 g/mol. The van der Waals surface area contributed by atoms with Gasteiger partial charge in [0.1, 0.15) is 5.82 Å². The Kier molecular flexibility index (Phi) is 10.3. The first-order chi connectivity index (χ1) is 16.9. The second kappa shape index (κ2) is 12.9. The van der Waals surface area contributed by atoms with Gasteiger partial charge in [0.25, 0.3) is 0 Å². The third kappa shape index (κ3) is 8.25. The van der Waals surface area contributed by atoms with Crippen LogP contribution >= 0.6 is 0 Å². The molecular formula is C28H30F2O6. The molecule has 0 radical (unpaired) electrons. The summed E-state index contributed by atoms with van der Waals surface area (Å²) in [6.07, 6.45) is -1.06. The normalized spacial score (nSPS) is 12.4. The van der Waals surface area contributed by atoms with Crippen LogP contribution in [0.25, 0.3) is 11.1 Å². The molecule has 36 heavy (non-hydrogen) atoms. The van der Waals surface area contributed by atoms with Crippen molar-refractivity contribution in [3.8, 4) is 16.9 Å². The molecule has 192 valence electrons. The average Bonchev–Trinajstić information content (AvgIpc) is 2.82. The van der Waals surface area contributed by atoms with Gasteiger partial charge in [-0.25, -0.2) is 18.4 Å². The van der Waals surface area contributed by atoms with Gasteiger partial charge in [0, 0.05) is 17.1 Å². The van der Waals surface area contributed by atoms with Crippen molar-refractivity contribution in [1.82, 2.24) is 0 Å². The van der Waals surface area contributed by atoms with Gasteiger partial charge >= 0.3 is 11.9 Å². The fourth-order valence-corrected chi connectivity index (χ4v) is 3.01. The van der Waals surface area contributed by atoms with E-state index < -0.39 is 35.8 Å². The van der Waals surface area contributed by atoms with Crippen LogP contribution in [0.1, 0.15) is 26.3 Å². The van der Waals surface area contributed by atoms with Crippen LogP contribution in [0.3, 0.4) is 0 Å². The van der Waals surface area contributed by atoms with Crippen molar-refractivity contribution in [2.24, 2.45) is 5.92 Å². The summed E-state index contributed by atoms with van der Waals surface area (Å²) in [4.78, 5) is 23.4. The van der Waals surface area contributed by atoms with Gasteiger partial charge in [-0.2, -0.15) is 0 Å². The molecule has 2 aromatic carbocycles. The molecule has 0 aliphatic rings. The van der Waals surface area contributed by atoms with Gasteiger partial charge in [0.15, 0.2) is 17.9 Å². The van der Waals surface area contributed by atoms with E-state index in [1.807, 2.05) is 0 Å². The molecule has 0 aliphatic heterocycles. The first-order valence-electron chi connectivity index (χ1n) is 11.1. The monoisotopic (exact) mass is 500 g/mol. The van der Waals surface area contributed by atoms with Gasteiger partial charge in [-0.3, -0.25) is 0 Å². The van der Waals surface area contributed by atoms with Crippen LogP contribution < -0.4 is 4.74 Å². The number of aliphatic hydroxyl groups excluding tert-OH is 1. The predicted molar refractivity (Wildman–Crippen MR) is 132 cm³/mol. The SMILES string of the molecule is C=C(C)C(=O)OCC(COC(O)C(=C)C)Cc1ccc(-c2ccc(OC(=O)C(=C)C)c(F)c2)cc1F. The van der Waals surface area contributed by atoms with E-state index in [4.69, 9.17) is 14.2 Å². The van der Waals surface area contributed by atoms with E-state index in [0.29, 0.717) is 22.3 Å². The maximum Gasteiger partial charge on any atom is 0.338 e. The Morgan fingerprint density at radius 3 is 2.00 bits per heavy atom. The van der Waals surface area contributed by atoms with Crippen LogP contribution in [0, 0.1) is 17.6 Å². The molecule has 0 aromatic heterocycles. The summed E-state index contributed by atoms with van der Waals surface area (Å²) in [5, 5.41) is 9.86. The van der Waals surface area contributed by atoms with E-state index in [-0.39, 0.29) is 36.5 Å². The summed E-state index contributed by atoms with van der Waals surface area (Å²) in [7, 11) is 0. The lowest BCUT2D eigenvalue weighted by Crippen LogP contribution is -2.25. The summed E-state index contributed by atoms with van der Waals surface area (Å²) in [6.45, 7) is 15.0. The fourth-order valence-electron chi connectivity index (χ4n) is 3.01. The number of esters is 2. The van der Waals surface area contributed by atoms with E-state index >= 15 is 0 Å². The molecule has 0 aliphatic carbocycles. The maximum absolute atomic E-state index is 15.0. The van der Waals surface area contributed by atoms with Gasteiger partial charge < -0.3 is 19.3 Å².